The number of nitrogens with zero attached hydrogens (tertiary/aromatic N) is 1. The molecule has 0 unspecified atom stereocenters. The van der Waals surface area contributed by atoms with Gasteiger partial charge in [-0.1, -0.05) is 24.6 Å². The number of anilines is 1. The number of benzene rings is 2. The molecule has 0 atom stereocenters. The van der Waals surface area contributed by atoms with Crippen molar-refractivity contribution >= 4 is 27.5 Å². The maximum atomic E-state index is 13.0. The Morgan fingerprint density at radius 2 is 1.78 bits per heavy atom. The van der Waals surface area contributed by atoms with Crippen LogP contribution in [0.2, 0.25) is 0 Å². The van der Waals surface area contributed by atoms with Crippen LogP contribution in [0.4, 0.5) is 5.69 Å². The Morgan fingerprint density at radius 3 is 2.50 bits per heavy atom. The molecular weight excluding hydrogens is 426 g/mol. The normalized spacial score (nSPS) is 17.0. The molecular formula is C24H29N3O4S. The molecule has 0 bridgehead atoms. The highest BCUT2D eigenvalue weighted by Crippen LogP contribution is 2.30. The van der Waals surface area contributed by atoms with E-state index in [-0.39, 0.29) is 29.2 Å². The van der Waals surface area contributed by atoms with E-state index in [0.717, 1.165) is 37.7 Å². The topological polar surface area (TPSA) is 95.6 Å². The second kappa shape index (κ2) is 9.42. The Bertz CT molecular complexity index is 1120. The average molecular weight is 456 g/mol. The summed E-state index contributed by atoms with van der Waals surface area (Å²) in [6.45, 7) is 3.10. The third-order valence-corrected chi connectivity index (χ3v) is 7.90. The summed E-state index contributed by atoms with van der Waals surface area (Å²) < 4.78 is 27.5. The predicted octanol–water partition coefficient (Wildman–Crippen LogP) is 3.45. The van der Waals surface area contributed by atoms with Crippen LogP contribution in [0.3, 0.4) is 0 Å². The van der Waals surface area contributed by atoms with Crippen molar-refractivity contribution in [1.82, 2.24) is 9.62 Å². The lowest BCUT2D eigenvalue weighted by Gasteiger charge is -2.26. The fraction of sp³-hybridized carbons (Fsp3) is 0.417. The number of carbonyl (C=O) groups is 2. The number of hydrogen-bond acceptors (Lipinski definition) is 4. The molecule has 4 rings (SSSR count). The molecule has 2 aliphatic rings. The van der Waals surface area contributed by atoms with E-state index < -0.39 is 10.0 Å². The van der Waals surface area contributed by atoms with E-state index in [1.54, 1.807) is 19.1 Å². The van der Waals surface area contributed by atoms with Crippen molar-refractivity contribution in [3.63, 3.8) is 0 Å². The van der Waals surface area contributed by atoms with Crippen molar-refractivity contribution in [1.29, 1.82) is 0 Å². The summed E-state index contributed by atoms with van der Waals surface area (Å²) in [6.07, 6.45) is 4.64. The Hall–Kier alpha value is -2.71. The van der Waals surface area contributed by atoms with Crippen LogP contribution in [-0.2, 0) is 21.4 Å². The Balaban J connectivity index is 1.44. The van der Waals surface area contributed by atoms with Gasteiger partial charge in [0.2, 0.25) is 15.9 Å². The Kier molecular flexibility index (Phi) is 6.62. The highest BCUT2D eigenvalue weighted by atomic mass is 32.2. The van der Waals surface area contributed by atoms with Crippen LogP contribution in [0, 0.1) is 12.8 Å². The molecule has 1 saturated heterocycles. The standard InChI is InChI=1S/C24H29N3O4S/c1-17-8-11-21(32(30,31)27-12-3-2-4-13-27)15-22(17)24(29)25-16-18-6-5-7-20(14-18)26-23(28)19-9-10-19/h5-8,11,14-15,19H,2-4,9-10,12-13,16H2,1H3,(H,25,29)(H,26,28). The molecule has 170 valence electrons. The molecule has 2 amide bonds. The summed E-state index contributed by atoms with van der Waals surface area (Å²) in [6, 6.07) is 12.1. The number of sulfonamides is 1. The fourth-order valence-electron chi connectivity index (χ4n) is 3.89. The minimum Gasteiger partial charge on any atom is -0.348 e. The number of aryl methyl sites for hydroxylation is 1. The third kappa shape index (κ3) is 5.19. The van der Waals surface area contributed by atoms with E-state index in [0.29, 0.717) is 29.9 Å². The van der Waals surface area contributed by atoms with E-state index in [9.17, 15) is 18.0 Å². The van der Waals surface area contributed by atoms with Crippen LogP contribution >= 0.6 is 0 Å². The second-order valence-corrected chi connectivity index (χ2v) is 10.5. The Labute approximate surface area is 189 Å². The quantitative estimate of drug-likeness (QED) is 0.668. The fourth-order valence-corrected chi connectivity index (χ4v) is 5.43. The van der Waals surface area contributed by atoms with E-state index in [4.69, 9.17) is 0 Å². The molecule has 2 N–H and O–H groups in total. The predicted molar refractivity (Wildman–Crippen MR) is 123 cm³/mol. The maximum absolute atomic E-state index is 13.0. The zero-order valence-electron chi connectivity index (χ0n) is 18.3. The SMILES string of the molecule is Cc1ccc(S(=O)(=O)N2CCCCC2)cc1C(=O)NCc1cccc(NC(=O)C2CC2)c1. The summed E-state index contributed by atoms with van der Waals surface area (Å²) in [4.78, 5) is 25.0. The third-order valence-electron chi connectivity index (χ3n) is 6.00. The lowest BCUT2D eigenvalue weighted by atomic mass is 10.1. The molecule has 2 fully saturated rings. The highest BCUT2D eigenvalue weighted by Gasteiger charge is 2.29. The molecule has 1 saturated carbocycles. The molecule has 8 heteroatoms. The summed E-state index contributed by atoms with van der Waals surface area (Å²) in [5.41, 5.74) is 2.62. The first-order valence-electron chi connectivity index (χ1n) is 11.1. The monoisotopic (exact) mass is 455 g/mol. The zero-order chi connectivity index (χ0) is 22.7. The second-order valence-electron chi connectivity index (χ2n) is 8.59. The van der Waals surface area contributed by atoms with E-state index in [1.165, 1.54) is 10.4 Å². The van der Waals surface area contributed by atoms with Crippen molar-refractivity contribution in [2.24, 2.45) is 5.92 Å². The number of amides is 2. The number of piperidine rings is 1. The molecule has 0 aromatic heterocycles. The summed E-state index contributed by atoms with van der Waals surface area (Å²) >= 11 is 0. The van der Waals surface area contributed by atoms with E-state index in [2.05, 4.69) is 10.6 Å². The lowest BCUT2D eigenvalue weighted by molar-refractivity contribution is -0.117. The zero-order valence-corrected chi connectivity index (χ0v) is 19.1. The van der Waals surface area contributed by atoms with Gasteiger partial charge in [-0.05, 0) is 68.0 Å². The summed E-state index contributed by atoms with van der Waals surface area (Å²) in [5, 5.41) is 5.77. The number of hydrogen-bond donors (Lipinski definition) is 2. The van der Waals surface area contributed by atoms with Gasteiger partial charge >= 0.3 is 0 Å². The highest BCUT2D eigenvalue weighted by molar-refractivity contribution is 7.89. The van der Waals surface area contributed by atoms with Gasteiger partial charge in [0.05, 0.1) is 4.90 Å². The average Bonchev–Trinajstić information content (AvgIpc) is 3.64. The van der Waals surface area contributed by atoms with Crippen molar-refractivity contribution in [2.75, 3.05) is 18.4 Å². The first-order chi connectivity index (χ1) is 15.3. The number of rotatable bonds is 7. The van der Waals surface area contributed by atoms with Gasteiger partial charge in [0.1, 0.15) is 0 Å². The molecule has 2 aromatic rings. The van der Waals surface area contributed by atoms with E-state index >= 15 is 0 Å². The van der Waals surface area contributed by atoms with Gasteiger partial charge in [0.25, 0.3) is 5.91 Å². The van der Waals surface area contributed by atoms with Gasteiger partial charge in [0.15, 0.2) is 0 Å². The Morgan fingerprint density at radius 1 is 1.03 bits per heavy atom. The molecule has 1 aliphatic carbocycles. The van der Waals surface area contributed by atoms with Crippen molar-refractivity contribution in [3.8, 4) is 0 Å². The lowest BCUT2D eigenvalue weighted by Crippen LogP contribution is -2.35. The first kappa shape index (κ1) is 22.5. The van der Waals surface area contributed by atoms with Gasteiger partial charge in [-0.15, -0.1) is 0 Å². The van der Waals surface area contributed by atoms with Gasteiger partial charge in [-0.3, -0.25) is 9.59 Å². The van der Waals surface area contributed by atoms with Crippen LogP contribution in [-0.4, -0.2) is 37.6 Å². The van der Waals surface area contributed by atoms with Crippen molar-refractivity contribution in [2.45, 2.75) is 50.5 Å². The maximum Gasteiger partial charge on any atom is 0.251 e. The van der Waals surface area contributed by atoms with Crippen LogP contribution in [0.15, 0.2) is 47.4 Å². The van der Waals surface area contributed by atoms with Crippen LogP contribution in [0.1, 0.15) is 53.6 Å². The molecule has 7 nitrogen and oxygen atoms in total. The first-order valence-corrected chi connectivity index (χ1v) is 12.6. The van der Waals surface area contributed by atoms with Crippen LogP contribution in [0.5, 0.6) is 0 Å². The summed E-state index contributed by atoms with van der Waals surface area (Å²) in [7, 11) is -3.61. The molecule has 0 spiro atoms. The number of carbonyl (C=O) groups excluding carboxylic acids is 2. The molecule has 32 heavy (non-hydrogen) atoms. The largest absolute Gasteiger partial charge is 0.348 e. The smallest absolute Gasteiger partial charge is 0.251 e. The van der Waals surface area contributed by atoms with Crippen LogP contribution < -0.4 is 10.6 Å². The van der Waals surface area contributed by atoms with Gasteiger partial charge in [0, 0.05) is 36.8 Å². The summed E-state index contributed by atoms with van der Waals surface area (Å²) in [5.74, 6) is -0.172. The van der Waals surface area contributed by atoms with E-state index in [1.807, 2.05) is 24.3 Å². The molecule has 1 aliphatic heterocycles. The number of nitrogens with one attached hydrogen (secondary N) is 2. The minimum absolute atomic E-state index is 0.0357. The van der Waals surface area contributed by atoms with Gasteiger partial charge in [-0.2, -0.15) is 4.31 Å². The molecule has 1 heterocycles. The van der Waals surface area contributed by atoms with Crippen LogP contribution in [0.25, 0.3) is 0 Å². The van der Waals surface area contributed by atoms with Crippen molar-refractivity contribution in [3.05, 3.63) is 59.2 Å². The van der Waals surface area contributed by atoms with Gasteiger partial charge in [-0.25, -0.2) is 8.42 Å². The molecule has 2 aromatic carbocycles. The molecule has 0 radical (unpaired) electrons. The minimum atomic E-state index is -3.61. The van der Waals surface area contributed by atoms with Gasteiger partial charge < -0.3 is 10.6 Å². The van der Waals surface area contributed by atoms with Crippen molar-refractivity contribution < 1.29 is 18.0 Å².